The normalized spacial score (nSPS) is 14.0. The molecule has 9 nitrogen and oxygen atoms in total. The molecule has 1 heterocycles. The van der Waals surface area contributed by atoms with E-state index < -0.39 is 24.3 Å². The summed E-state index contributed by atoms with van der Waals surface area (Å²) in [7, 11) is 0. The van der Waals surface area contributed by atoms with Gasteiger partial charge in [-0.15, -0.1) is 12.4 Å². The highest BCUT2D eigenvalue weighted by molar-refractivity contribution is 6.35. The van der Waals surface area contributed by atoms with E-state index in [1.165, 1.54) is 4.90 Å². The minimum Gasteiger partial charge on any atom is -0.548 e. The van der Waals surface area contributed by atoms with Gasteiger partial charge in [-0.05, 0) is 30.7 Å². The molecule has 10 heteroatoms. The van der Waals surface area contributed by atoms with Crippen LogP contribution < -0.4 is 15.6 Å². The van der Waals surface area contributed by atoms with Gasteiger partial charge in [-0.3, -0.25) is 15.0 Å². The lowest BCUT2D eigenvalue weighted by atomic mass is 10.2. The van der Waals surface area contributed by atoms with Crippen molar-refractivity contribution in [3.8, 4) is 5.75 Å². The van der Waals surface area contributed by atoms with Gasteiger partial charge in [0.05, 0.1) is 19.1 Å². The first-order chi connectivity index (χ1) is 11.9. The van der Waals surface area contributed by atoms with Crippen molar-refractivity contribution < 1.29 is 24.2 Å². The summed E-state index contributed by atoms with van der Waals surface area (Å²) < 4.78 is 5.54. The van der Waals surface area contributed by atoms with Crippen LogP contribution in [0.25, 0.3) is 0 Å². The fraction of sp³-hybridized carbons (Fsp3) is 0.375. The van der Waals surface area contributed by atoms with Crippen molar-refractivity contribution in [1.82, 2.24) is 9.80 Å². The number of hydrogen-bond acceptors (Lipinski definition) is 6. The highest BCUT2D eigenvalue weighted by Gasteiger charge is 2.31. The summed E-state index contributed by atoms with van der Waals surface area (Å²) in [6, 6.07) is 6.75. The number of rotatable bonds is 8. The van der Waals surface area contributed by atoms with E-state index in [9.17, 15) is 19.5 Å². The fourth-order valence-electron chi connectivity index (χ4n) is 2.41. The van der Waals surface area contributed by atoms with Crippen LogP contribution in [0.2, 0.25) is 0 Å². The third kappa shape index (κ3) is 5.62. The maximum Gasteiger partial charge on any atom is 0.312 e. The quantitative estimate of drug-likeness (QED) is 0.244. The molecule has 0 atom stereocenters. The summed E-state index contributed by atoms with van der Waals surface area (Å²) in [5.74, 6) is -2.33. The van der Waals surface area contributed by atoms with E-state index in [1.807, 2.05) is 0 Å². The van der Waals surface area contributed by atoms with E-state index in [-0.39, 0.29) is 31.3 Å². The molecule has 1 aliphatic rings. The summed E-state index contributed by atoms with van der Waals surface area (Å²) in [4.78, 5) is 36.6. The van der Waals surface area contributed by atoms with Crippen molar-refractivity contribution >= 4 is 36.0 Å². The van der Waals surface area contributed by atoms with Crippen molar-refractivity contribution in [1.29, 1.82) is 5.41 Å². The number of carboxylic acid groups (broad SMARTS) is 1. The third-order valence-corrected chi connectivity index (χ3v) is 3.72. The Hall–Kier alpha value is -2.81. The molecule has 2 amide bonds. The van der Waals surface area contributed by atoms with Crippen molar-refractivity contribution in [2.45, 2.75) is 6.42 Å². The zero-order chi connectivity index (χ0) is 18.4. The Morgan fingerprint density at radius 1 is 1.15 bits per heavy atom. The lowest BCUT2D eigenvalue weighted by Crippen LogP contribution is -2.56. The number of piperazine rings is 1. The van der Waals surface area contributed by atoms with E-state index in [0.717, 1.165) is 4.90 Å². The molecule has 26 heavy (non-hydrogen) atoms. The van der Waals surface area contributed by atoms with Crippen LogP contribution in [0.1, 0.15) is 12.0 Å². The van der Waals surface area contributed by atoms with Gasteiger partial charge in [0.15, 0.2) is 0 Å². The van der Waals surface area contributed by atoms with Gasteiger partial charge in [0.25, 0.3) is 0 Å². The SMILES string of the molecule is Cl.N=C(N)c1ccc(OCCCN2CCN(CC(=O)[O-])C(=O)C2=O)cc1. The van der Waals surface area contributed by atoms with Gasteiger partial charge in [0, 0.05) is 25.2 Å². The Morgan fingerprint density at radius 3 is 2.31 bits per heavy atom. The second-order valence-corrected chi connectivity index (χ2v) is 5.53. The van der Waals surface area contributed by atoms with E-state index in [4.69, 9.17) is 15.9 Å². The number of carboxylic acids is 1. The second kappa shape index (κ2) is 9.62. The number of amidine groups is 1. The number of carbonyl (C=O) groups is 3. The van der Waals surface area contributed by atoms with Gasteiger partial charge in [0.1, 0.15) is 11.6 Å². The molecule has 142 valence electrons. The molecule has 0 bridgehead atoms. The van der Waals surface area contributed by atoms with Crippen LogP contribution in [0.15, 0.2) is 24.3 Å². The summed E-state index contributed by atoms with van der Waals surface area (Å²) in [5.41, 5.74) is 5.97. The van der Waals surface area contributed by atoms with E-state index >= 15 is 0 Å². The number of nitrogens with one attached hydrogen (secondary N) is 1. The topological polar surface area (TPSA) is 140 Å². The lowest BCUT2D eigenvalue weighted by molar-refractivity contribution is -0.306. The maximum atomic E-state index is 11.9. The Morgan fingerprint density at radius 2 is 1.73 bits per heavy atom. The summed E-state index contributed by atoms with van der Waals surface area (Å²) in [6.45, 7) is 0.574. The molecule has 1 fully saturated rings. The Kier molecular flexibility index (Phi) is 7.85. The predicted octanol–water partition coefficient (Wildman–Crippen LogP) is -1.42. The largest absolute Gasteiger partial charge is 0.548 e. The van der Waals surface area contributed by atoms with Gasteiger partial charge < -0.3 is 30.2 Å². The van der Waals surface area contributed by atoms with Crippen LogP contribution in [-0.2, 0) is 14.4 Å². The molecule has 2 rings (SSSR count). The molecule has 0 unspecified atom stereocenters. The number of aliphatic carboxylic acids is 1. The molecule has 1 saturated heterocycles. The molecule has 0 spiro atoms. The highest BCUT2D eigenvalue weighted by Crippen LogP contribution is 2.12. The minimum absolute atomic E-state index is 0. The number of hydrogen-bond donors (Lipinski definition) is 2. The van der Waals surface area contributed by atoms with Gasteiger partial charge in [0.2, 0.25) is 0 Å². The van der Waals surface area contributed by atoms with Gasteiger partial charge in [-0.2, -0.15) is 0 Å². The van der Waals surface area contributed by atoms with Crippen LogP contribution in [0.5, 0.6) is 5.75 Å². The minimum atomic E-state index is -1.39. The number of ether oxygens (including phenoxy) is 1. The average Bonchev–Trinajstić information content (AvgIpc) is 2.57. The Bertz CT molecular complexity index is 680. The number of nitrogen functional groups attached to an aromatic ring is 1. The van der Waals surface area contributed by atoms with E-state index in [1.54, 1.807) is 24.3 Å². The summed E-state index contributed by atoms with van der Waals surface area (Å²) >= 11 is 0. The molecular formula is C16H20ClN4O5-. The Labute approximate surface area is 156 Å². The Balaban J connectivity index is 0.00000338. The molecule has 0 radical (unpaired) electrons. The van der Waals surface area contributed by atoms with Crippen LogP contribution in [0, 0.1) is 5.41 Å². The monoisotopic (exact) mass is 383 g/mol. The van der Waals surface area contributed by atoms with Gasteiger partial charge in [-0.1, -0.05) is 0 Å². The van der Waals surface area contributed by atoms with Crippen molar-refractivity contribution in [3.05, 3.63) is 29.8 Å². The standard InChI is InChI=1S/C16H20N4O5.ClH/c17-14(18)11-2-4-12(5-3-11)25-9-1-6-19-7-8-20(10-13(21)22)16(24)15(19)23;/h2-5H,1,6-10H2,(H3,17,18)(H,21,22);1H/p-1. The number of amides is 2. The number of halogens is 1. The molecule has 0 saturated carbocycles. The first-order valence-corrected chi connectivity index (χ1v) is 7.74. The molecule has 1 aromatic carbocycles. The number of carbonyl (C=O) groups excluding carboxylic acids is 3. The third-order valence-electron chi connectivity index (χ3n) is 3.72. The molecular weight excluding hydrogens is 364 g/mol. The van der Waals surface area contributed by atoms with Crippen LogP contribution >= 0.6 is 12.4 Å². The second-order valence-electron chi connectivity index (χ2n) is 5.53. The van der Waals surface area contributed by atoms with Crippen LogP contribution in [0.3, 0.4) is 0 Å². The smallest absolute Gasteiger partial charge is 0.312 e. The van der Waals surface area contributed by atoms with Crippen LogP contribution in [0.4, 0.5) is 0 Å². The fourth-order valence-corrected chi connectivity index (χ4v) is 2.41. The van der Waals surface area contributed by atoms with Gasteiger partial charge >= 0.3 is 11.8 Å². The first kappa shape index (κ1) is 21.2. The zero-order valence-corrected chi connectivity index (χ0v) is 14.8. The van der Waals surface area contributed by atoms with E-state index in [2.05, 4.69) is 0 Å². The lowest BCUT2D eigenvalue weighted by Gasteiger charge is -2.33. The predicted molar refractivity (Wildman–Crippen MR) is 93.0 cm³/mol. The molecule has 1 aliphatic heterocycles. The average molecular weight is 384 g/mol. The van der Waals surface area contributed by atoms with Crippen molar-refractivity contribution in [2.75, 3.05) is 32.8 Å². The number of nitrogens with zero attached hydrogens (tertiary/aromatic N) is 2. The maximum absolute atomic E-state index is 11.9. The number of nitrogens with two attached hydrogens (primary N) is 1. The first-order valence-electron chi connectivity index (χ1n) is 7.74. The van der Waals surface area contributed by atoms with Crippen LogP contribution in [-0.4, -0.2) is 66.2 Å². The molecule has 3 N–H and O–H groups in total. The molecule has 0 aliphatic carbocycles. The zero-order valence-electron chi connectivity index (χ0n) is 14.0. The van der Waals surface area contributed by atoms with E-state index in [0.29, 0.717) is 30.9 Å². The molecule has 0 aromatic heterocycles. The van der Waals surface area contributed by atoms with Crippen molar-refractivity contribution in [3.63, 3.8) is 0 Å². The molecule has 1 aromatic rings. The number of benzene rings is 1. The highest BCUT2D eigenvalue weighted by atomic mass is 35.5. The summed E-state index contributed by atoms with van der Waals surface area (Å²) in [5, 5.41) is 17.8. The van der Waals surface area contributed by atoms with Crippen molar-refractivity contribution in [2.24, 2.45) is 5.73 Å². The summed E-state index contributed by atoms with van der Waals surface area (Å²) in [6.07, 6.45) is 0.522. The van der Waals surface area contributed by atoms with Gasteiger partial charge in [-0.25, -0.2) is 0 Å².